The van der Waals surface area contributed by atoms with Crippen molar-refractivity contribution in [3.05, 3.63) is 48.2 Å². The maximum absolute atomic E-state index is 13.1. The second kappa shape index (κ2) is 8.02. The van der Waals surface area contributed by atoms with E-state index in [1.54, 1.807) is 31.6 Å². The average molecular weight is 344 g/mol. The lowest BCUT2D eigenvalue weighted by atomic mass is 9.94. The molecule has 25 heavy (non-hydrogen) atoms. The number of rotatable bonds is 5. The highest BCUT2D eigenvalue weighted by Gasteiger charge is 2.26. The van der Waals surface area contributed by atoms with E-state index in [4.69, 9.17) is 4.74 Å². The molecule has 132 valence electrons. The Balaban J connectivity index is 1.75. The standard InChI is InChI=1S/C18H21FN4O2/c1-20-16(24)12-23-10-2-3-13(11-23)17-18(22-9-8-21-17)25-15-6-4-14(19)5-7-15/h4-9,13H,2-3,10-12H2,1H3,(H,20,24). The quantitative estimate of drug-likeness (QED) is 0.902. The highest BCUT2D eigenvalue weighted by atomic mass is 19.1. The molecule has 7 heteroatoms. The maximum Gasteiger partial charge on any atom is 0.241 e. The van der Waals surface area contributed by atoms with E-state index in [9.17, 15) is 9.18 Å². The highest BCUT2D eigenvalue weighted by Crippen LogP contribution is 2.32. The molecule has 1 aromatic heterocycles. The number of aromatic nitrogens is 2. The molecule has 0 saturated carbocycles. The molecule has 0 spiro atoms. The third-order valence-electron chi connectivity index (χ3n) is 4.26. The topological polar surface area (TPSA) is 67.4 Å². The summed E-state index contributed by atoms with van der Waals surface area (Å²) in [6.07, 6.45) is 5.16. The molecule has 1 N–H and O–H groups in total. The van der Waals surface area contributed by atoms with Crippen molar-refractivity contribution < 1.29 is 13.9 Å². The molecule has 1 aliphatic heterocycles. The van der Waals surface area contributed by atoms with Gasteiger partial charge in [0.05, 0.1) is 6.54 Å². The first-order chi connectivity index (χ1) is 12.2. The molecular formula is C18H21FN4O2. The van der Waals surface area contributed by atoms with Gasteiger partial charge in [-0.25, -0.2) is 9.37 Å². The molecule has 1 amide bonds. The van der Waals surface area contributed by atoms with E-state index in [-0.39, 0.29) is 17.6 Å². The minimum atomic E-state index is -0.316. The molecule has 3 rings (SSSR count). The smallest absolute Gasteiger partial charge is 0.241 e. The first-order valence-electron chi connectivity index (χ1n) is 8.33. The van der Waals surface area contributed by atoms with Crippen molar-refractivity contribution in [1.29, 1.82) is 0 Å². The van der Waals surface area contributed by atoms with Crippen LogP contribution in [0.2, 0.25) is 0 Å². The van der Waals surface area contributed by atoms with Crippen LogP contribution in [-0.4, -0.2) is 47.5 Å². The van der Waals surface area contributed by atoms with Crippen molar-refractivity contribution in [3.8, 4) is 11.6 Å². The number of nitrogens with zero attached hydrogens (tertiary/aromatic N) is 3. The Bertz CT molecular complexity index is 723. The molecule has 2 aromatic rings. The molecule has 6 nitrogen and oxygen atoms in total. The number of likely N-dealkylation sites (N-methyl/N-ethyl adjacent to an activating group) is 1. The summed E-state index contributed by atoms with van der Waals surface area (Å²) in [6.45, 7) is 1.99. The van der Waals surface area contributed by atoms with Crippen LogP contribution in [-0.2, 0) is 4.79 Å². The van der Waals surface area contributed by atoms with Gasteiger partial charge >= 0.3 is 0 Å². The number of halogens is 1. The van der Waals surface area contributed by atoms with Crippen molar-refractivity contribution >= 4 is 5.91 Å². The van der Waals surface area contributed by atoms with Gasteiger partial charge in [0.1, 0.15) is 17.3 Å². The van der Waals surface area contributed by atoms with E-state index in [1.165, 1.54) is 12.1 Å². The first kappa shape index (κ1) is 17.3. The summed E-state index contributed by atoms with van der Waals surface area (Å²) >= 11 is 0. The van der Waals surface area contributed by atoms with Crippen molar-refractivity contribution in [2.75, 3.05) is 26.7 Å². The molecule has 2 heterocycles. The van der Waals surface area contributed by atoms with E-state index in [1.807, 2.05) is 0 Å². The second-order valence-corrected chi connectivity index (χ2v) is 6.05. The van der Waals surface area contributed by atoms with Crippen molar-refractivity contribution in [2.24, 2.45) is 0 Å². The number of nitrogens with one attached hydrogen (secondary N) is 1. The van der Waals surface area contributed by atoms with Gasteiger partial charge in [-0.15, -0.1) is 0 Å². The van der Waals surface area contributed by atoms with Gasteiger partial charge in [0.2, 0.25) is 11.8 Å². The summed E-state index contributed by atoms with van der Waals surface area (Å²) in [5.41, 5.74) is 0.772. The monoisotopic (exact) mass is 344 g/mol. The number of ether oxygens (including phenoxy) is 1. The normalized spacial score (nSPS) is 17.9. The van der Waals surface area contributed by atoms with Crippen molar-refractivity contribution in [2.45, 2.75) is 18.8 Å². The third kappa shape index (κ3) is 4.51. The van der Waals surface area contributed by atoms with Crippen molar-refractivity contribution in [3.63, 3.8) is 0 Å². The van der Waals surface area contributed by atoms with Crippen LogP contribution in [0.25, 0.3) is 0 Å². The summed E-state index contributed by atoms with van der Waals surface area (Å²) in [5, 5.41) is 2.65. The van der Waals surface area contributed by atoms with Gasteiger partial charge in [0.15, 0.2) is 0 Å². The molecule has 0 bridgehead atoms. The van der Waals surface area contributed by atoms with E-state index < -0.39 is 0 Å². The Kier molecular flexibility index (Phi) is 5.55. The summed E-state index contributed by atoms with van der Waals surface area (Å²) in [7, 11) is 1.64. The van der Waals surface area contributed by atoms with Gasteiger partial charge in [-0.1, -0.05) is 0 Å². The number of carbonyl (C=O) groups is 1. The Morgan fingerprint density at radius 2 is 2.08 bits per heavy atom. The van der Waals surface area contributed by atoms with E-state index in [2.05, 4.69) is 20.2 Å². The van der Waals surface area contributed by atoms with E-state index >= 15 is 0 Å². The van der Waals surface area contributed by atoms with E-state index in [0.29, 0.717) is 18.2 Å². The number of carbonyl (C=O) groups excluding carboxylic acids is 1. The zero-order valence-corrected chi connectivity index (χ0v) is 14.1. The fourth-order valence-electron chi connectivity index (χ4n) is 3.01. The van der Waals surface area contributed by atoms with Crippen LogP contribution in [0.15, 0.2) is 36.7 Å². The fourth-order valence-corrected chi connectivity index (χ4v) is 3.01. The predicted molar refractivity (Wildman–Crippen MR) is 91.0 cm³/mol. The molecule has 1 saturated heterocycles. The third-order valence-corrected chi connectivity index (χ3v) is 4.26. The Labute approximate surface area is 146 Å². The number of benzene rings is 1. The van der Waals surface area contributed by atoms with Crippen molar-refractivity contribution in [1.82, 2.24) is 20.2 Å². The molecule has 1 aliphatic rings. The van der Waals surface area contributed by atoms with Gasteiger partial charge in [0, 0.05) is 31.9 Å². The number of hydrogen-bond donors (Lipinski definition) is 1. The zero-order valence-electron chi connectivity index (χ0n) is 14.1. The van der Waals surface area contributed by atoms with Gasteiger partial charge in [-0.05, 0) is 43.7 Å². The summed E-state index contributed by atoms with van der Waals surface area (Å²) in [4.78, 5) is 22.5. The lowest BCUT2D eigenvalue weighted by Crippen LogP contribution is -2.41. The Morgan fingerprint density at radius 3 is 2.84 bits per heavy atom. The molecule has 0 radical (unpaired) electrons. The summed E-state index contributed by atoms with van der Waals surface area (Å²) in [6, 6.07) is 5.81. The number of amides is 1. The number of hydrogen-bond acceptors (Lipinski definition) is 5. The average Bonchev–Trinajstić information content (AvgIpc) is 2.64. The van der Waals surface area contributed by atoms with Gasteiger partial charge < -0.3 is 10.1 Å². The minimum absolute atomic E-state index is 0.00239. The number of piperidine rings is 1. The first-order valence-corrected chi connectivity index (χ1v) is 8.33. The summed E-state index contributed by atoms with van der Waals surface area (Å²) in [5.74, 6) is 0.774. The van der Waals surface area contributed by atoms with Gasteiger partial charge in [-0.2, -0.15) is 0 Å². The van der Waals surface area contributed by atoms with Crippen LogP contribution in [0.5, 0.6) is 11.6 Å². The predicted octanol–water partition coefficient (Wildman–Crippen LogP) is 2.33. The highest BCUT2D eigenvalue weighted by molar-refractivity contribution is 5.77. The molecule has 1 fully saturated rings. The second-order valence-electron chi connectivity index (χ2n) is 6.05. The Hall–Kier alpha value is -2.54. The fraction of sp³-hybridized carbons (Fsp3) is 0.389. The van der Waals surface area contributed by atoms with Crippen LogP contribution in [0.4, 0.5) is 4.39 Å². The zero-order chi connectivity index (χ0) is 17.6. The molecule has 1 atom stereocenters. The molecule has 1 aromatic carbocycles. The largest absolute Gasteiger partial charge is 0.437 e. The van der Waals surface area contributed by atoms with Crippen LogP contribution in [0, 0.1) is 5.82 Å². The molecule has 1 unspecified atom stereocenters. The lowest BCUT2D eigenvalue weighted by molar-refractivity contribution is -0.122. The van der Waals surface area contributed by atoms with Gasteiger partial charge in [0.25, 0.3) is 0 Å². The maximum atomic E-state index is 13.1. The van der Waals surface area contributed by atoms with Crippen LogP contribution in [0.3, 0.4) is 0 Å². The SMILES string of the molecule is CNC(=O)CN1CCCC(c2nccnc2Oc2ccc(F)cc2)C1. The van der Waals surface area contributed by atoms with Crippen LogP contribution in [0.1, 0.15) is 24.5 Å². The van der Waals surface area contributed by atoms with Gasteiger partial charge in [-0.3, -0.25) is 14.7 Å². The lowest BCUT2D eigenvalue weighted by Gasteiger charge is -2.32. The Morgan fingerprint density at radius 1 is 1.32 bits per heavy atom. The van der Waals surface area contributed by atoms with Crippen LogP contribution >= 0.6 is 0 Å². The summed E-state index contributed by atoms with van der Waals surface area (Å²) < 4.78 is 18.9. The minimum Gasteiger partial charge on any atom is -0.437 e. The molecular weight excluding hydrogens is 323 g/mol. The number of likely N-dealkylation sites (tertiary alicyclic amines) is 1. The molecule has 0 aliphatic carbocycles. The van der Waals surface area contributed by atoms with E-state index in [0.717, 1.165) is 31.6 Å². The van der Waals surface area contributed by atoms with Crippen LogP contribution < -0.4 is 10.1 Å².